The van der Waals surface area contributed by atoms with E-state index < -0.39 is 0 Å². The second kappa shape index (κ2) is 5.76. The number of hydrogen-bond acceptors (Lipinski definition) is 2. The maximum atomic E-state index is 13.1. The van der Waals surface area contributed by atoms with Crippen molar-refractivity contribution in [2.24, 2.45) is 5.92 Å². The van der Waals surface area contributed by atoms with Gasteiger partial charge in [-0.25, -0.2) is 4.39 Å². The van der Waals surface area contributed by atoms with Gasteiger partial charge in [0.15, 0.2) is 0 Å². The molecule has 3 nitrogen and oxygen atoms in total. The Morgan fingerprint density at radius 3 is 2.48 bits per heavy atom. The monoisotopic (exact) mass is 290 g/mol. The van der Waals surface area contributed by atoms with E-state index in [-0.39, 0.29) is 30.0 Å². The summed E-state index contributed by atoms with van der Waals surface area (Å²) in [6.45, 7) is 4.06. The van der Waals surface area contributed by atoms with Gasteiger partial charge in [0.1, 0.15) is 12.0 Å². The average molecular weight is 290 g/mol. The van der Waals surface area contributed by atoms with Gasteiger partial charge in [0, 0.05) is 6.04 Å². The Morgan fingerprint density at radius 2 is 1.86 bits per heavy atom. The zero-order valence-electron chi connectivity index (χ0n) is 12.7. The van der Waals surface area contributed by atoms with E-state index in [2.05, 4.69) is 12.2 Å². The van der Waals surface area contributed by atoms with Crippen molar-refractivity contribution in [3.8, 4) is 0 Å². The number of hydrogen-bond donors (Lipinski definition) is 1. The number of halogens is 1. The summed E-state index contributed by atoms with van der Waals surface area (Å²) in [6, 6.07) is 6.52. The Balaban J connectivity index is 1.86. The Hall–Kier alpha value is -1.42. The average Bonchev–Trinajstić information content (AvgIpc) is 3.09. The lowest BCUT2D eigenvalue weighted by molar-refractivity contribution is -0.132. The SMILES string of the molecule is CC1NC(c2ccc(F)cc2)N(C(C)C2CCCC2)C1=O. The van der Waals surface area contributed by atoms with Crippen LogP contribution in [0.15, 0.2) is 24.3 Å². The highest BCUT2D eigenvalue weighted by atomic mass is 19.1. The number of carbonyl (C=O) groups excluding carboxylic acids is 1. The summed E-state index contributed by atoms with van der Waals surface area (Å²) in [5.41, 5.74) is 0.957. The first-order chi connectivity index (χ1) is 10.1. The minimum atomic E-state index is -0.244. The van der Waals surface area contributed by atoms with Gasteiger partial charge in [-0.3, -0.25) is 10.1 Å². The maximum Gasteiger partial charge on any atom is 0.241 e. The van der Waals surface area contributed by atoms with Crippen LogP contribution in [0.25, 0.3) is 0 Å². The molecule has 1 aromatic rings. The van der Waals surface area contributed by atoms with Gasteiger partial charge < -0.3 is 4.90 Å². The minimum Gasteiger partial charge on any atom is -0.319 e. The number of amides is 1. The van der Waals surface area contributed by atoms with E-state index in [0.29, 0.717) is 5.92 Å². The number of nitrogens with one attached hydrogen (secondary N) is 1. The van der Waals surface area contributed by atoms with Crippen LogP contribution in [0.2, 0.25) is 0 Å². The van der Waals surface area contributed by atoms with E-state index in [1.807, 2.05) is 11.8 Å². The molecule has 0 radical (unpaired) electrons. The van der Waals surface area contributed by atoms with Crippen molar-refractivity contribution in [1.29, 1.82) is 0 Å². The van der Waals surface area contributed by atoms with Gasteiger partial charge in [-0.1, -0.05) is 25.0 Å². The van der Waals surface area contributed by atoms with Gasteiger partial charge in [-0.15, -0.1) is 0 Å². The summed E-state index contributed by atoms with van der Waals surface area (Å²) in [7, 11) is 0. The van der Waals surface area contributed by atoms with Crippen molar-refractivity contribution < 1.29 is 9.18 Å². The highest BCUT2D eigenvalue weighted by molar-refractivity contribution is 5.84. The molecule has 1 amide bonds. The summed E-state index contributed by atoms with van der Waals surface area (Å²) >= 11 is 0. The molecule has 1 heterocycles. The van der Waals surface area contributed by atoms with Gasteiger partial charge in [0.2, 0.25) is 5.91 Å². The Labute approximate surface area is 125 Å². The number of nitrogens with zero attached hydrogens (tertiary/aromatic N) is 1. The second-order valence-corrected chi connectivity index (χ2v) is 6.37. The summed E-state index contributed by atoms with van der Waals surface area (Å²) in [4.78, 5) is 14.5. The first-order valence-corrected chi connectivity index (χ1v) is 7.91. The molecule has 4 heteroatoms. The Kier molecular flexibility index (Phi) is 3.98. The highest BCUT2D eigenvalue weighted by Crippen LogP contribution is 2.36. The minimum absolute atomic E-state index is 0.135. The number of benzene rings is 1. The molecule has 3 unspecified atom stereocenters. The number of carbonyl (C=O) groups is 1. The predicted octanol–water partition coefficient (Wildman–Crippen LogP) is 3.22. The van der Waals surface area contributed by atoms with Gasteiger partial charge >= 0.3 is 0 Å². The lowest BCUT2D eigenvalue weighted by Crippen LogP contribution is -2.42. The van der Waals surface area contributed by atoms with Crippen LogP contribution >= 0.6 is 0 Å². The van der Waals surface area contributed by atoms with Crippen LogP contribution < -0.4 is 5.32 Å². The third-order valence-corrected chi connectivity index (χ3v) is 5.02. The van der Waals surface area contributed by atoms with Crippen molar-refractivity contribution in [1.82, 2.24) is 10.2 Å². The first kappa shape index (κ1) is 14.5. The topological polar surface area (TPSA) is 32.3 Å². The van der Waals surface area contributed by atoms with Crippen molar-refractivity contribution in [2.45, 2.75) is 57.8 Å². The van der Waals surface area contributed by atoms with E-state index in [1.165, 1.54) is 37.8 Å². The fraction of sp³-hybridized carbons (Fsp3) is 0.588. The summed E-state index contributed by atoms with van der Waals surface area (Å²) < 4.78 is 13.1. The molecule has 3 atom stereocenters. The lowest BCUT2D eigenvalue weighted by Gasteiger charge is -2.34. The predicted molar refractivity (Wildman–Crippen MR) is 80.0 cm³/mol. The lowest BCUT2D eigenvalue weighted by atomic mass is 9.97. The molecule has 2 fully saturated rings. The zero-order valence-corrected chi connectivity index (χ0v) is 12.7. The first-order valence-electron chi connectivity index (χ1n) is 7.91. The maximum absolute atomic E-state index is 13.1. The zero-order chi connectivity index (χ0) is 15.0. The molecular weight excluding hydrogens is 267 g/mol. The normalized spacial score (nSPS) is 28.3. The second-order valence-electron chi connectivity index (χ2n) is 6.37. The highest BCUT2D eigenvalue weighted by Gasteiger charge is 2.42. The van der Waals surface area contributed by atoms with Crippen LogP contribution in [0, 0.1) is 11.7 Å². The van der Waals surface area contributed by atoms with E-state index in [1.54, 1.807) is 12.1 Å². The third-order valence-electron chi connectivity index (χ3n) is 5.02. The molecule has 3 rings (SSSR count). The van der Waals surface area contributed by atoms with Crippen molar-refractivity contribution in [3.05, 3.63) is 35.6 Å². The molecule has 1 saturated carbocycles. The summed E-state index contributed by atoms with van der Waals surface area (Å²) in [5, 5.41) is 3.35. The fourth-order valence-electron chi connectivity index (χ4n) is 3.74. The Bertz CT molecular complexity index is 510. The van der Waals surface area contributed by atoms with Gasteiger partial charge in [0.05, 0.1) is 6.04 Å². The molecule has 21 heavy (non-hydrogen) atoms. The van der Waals surface area contributed by atoms with E-state index in [4.69, 9.17) is 0 Å². The summed E-state index contributed by atoms with van der Waals surface area (Å²) in [6.07, 6.45) is 4.80. The van der Waals surface area contributed by atoms with E-state index in [9.17, 15) is 9.18 Å². The molecule has 1 aliphatic carbocycles. The van der Waals surface area contributed by atoms with Crippen molar-refractivity contribution in [3.63, 3.8) is 0 Å². The van der Waals surface area contributed by atoms with Crippen molar-refractivity contribution >= 4 is 5.91 Å². The molecule has 1 aliphatic heterocycles. The van der Waals surface area contributed by atoms with E-state index in [0.717, 1.165) is 5.56 Å². The number of rotatable bonds is 3. The van der Waals surface area contributed by atoms with Crippen LogP contribution in [-0.2, 0) is 4.79 Å². The molecule has 114 valence electrons. The molecule has 1 saturated heterocycles. The van der Waals surface area contributed by atoms with Crippen LogP contribution in [0.4, 0.5) is 4.39 Å². The van der Waals surface area contributed by atoms with Crippen LogP contribution in [0.5, 0.6) is 0 Å². The molecule has 1 aromatic carbocycles. The summed E-state index contributed by atoms with van der Waals surface area (Å²) in [5.74, 6) is 0.499. The van der Waals surface area contributed by atoms with Gasteiger partial charge in [0.25, 0.3) is 0 Å². The van der Waals surface area contributed by atoms with Crippen molar-refractivity contribution in [2.75, 3.05) is 0 Å². The molecule has 1 N–H and O–H groups in total. The van der Waals surface area contributed by atoms with Crippen LogP contribution in [-0.4, -0.2) is 22.9 Å². The molecule has 0 aromatic heterocycles. The fourth-order valence-corrected chi connectivity index (χ4v) is 3.74. The smallest absolute Gasteiger partial charge is 0.241 e. The standard InChI is InChI=1S/C17H23FN2O/c1-11-17(21)20(12(2)13-5-3-4-6-13)16(19-11)14-7-9-15(18)10-8-14/h7-13,16,19H,3-6H2,1-2H3. The largest absolute Gasteiger partial charge is 0.319 e. The van der Waals surface area contributed by atoms with Crippen LogP contribution in [0.3, 0.4) is 0 Å². The molecule has 2 aliphatic rings. The van der Waals surface area contributed by atoms with Gasteiger partial charge in [-0.2, -0.15) is 0 Å². The quantitative estimate of drug-likeness (QED) is 0.927. The van der Waals surface area contributed by atoms with Gasteiger partial charge in [-0.05, 0) is 50.3 Å². The molecule has 0 spiro atoms. The molecular formula is C17H23FN2O. The van der Waals surface area contributed by atoms with E-state index >= 15 is 0 Å². The third kappa shape index (κ3) is 2.69. The Morgan fingerprint density at radius 1 is 1.24 bits per heavy atom. The van der Waals surface area contributed by atoms with Crippen LogP contribution in [0.1, 0.15) is 51.3 Å². The molecule has 0 bridgehead atoms.